The van der Waals surface area contributed by atoms with Gasteiger partial charge < -0.3 is 5.32 Å². The number of carbonyl (C=O) groups excluding carboxylic acids is 1. The number of aryl methyl sites for hydroxylation is 1. The second-order valence-corrected chi connectivity index (χ2v) is 5.58. The number of aromatic nitrogens is 3. The van der Waals surface area contributed by atoms with Gasteiger partial charge in [-0.15, -0.1) is 0 Å². The number of carbonyl (C=O) groups is 1. The van der Waals surface area contributed by atoms with Gasteiger partial charge in [-0.3, -0.25) is 4.79 Å². The van der Waals surface area contributed by atoms with Gasteiger partial charge in [0.2, 0.25) is 10.9 Å². The van der Waals surface area contributed by atoms with Crippen LogP contribution in [0.2, 0.25) is 0 Å². The first-order chi connectivity index (χ1) is 9.70. The smallest absolute Gasteiger partial charge is 0.224 e. The minimum Gasteiger partial charge on any atom is -0.349 e. The quantitative estimate of drug-likeness (QED) is 0.797. The molecule has 0 spiro atoms. The summed E-state index contributed by atoms with van der Waals surface area (Å²) in [6, 6.07) is 9.69. The number of nitrogens with one attached hydrogen (secondary N) is 1. The molecule has 0 aliphatic carbocycles. The molecule has 0 aliphatic heterocycles. The molecule has 0 saturated carbocycles. The standard InChI is InChI=1S/C14H14N4OS/c1-10-9-18-14(16-10)20-13(17-18)8-15-12(19)7-11-5-3-2-4-6-11/h2-6,9H,7-8H2,1H3,(H,15,19). The van der Waals surface area contributed by atoms with Crippen LogP contribution < -0.4 is 5.32 Å². The van der Waals surface area contributed by atoms with Gasteiger partial charge in [-0.2, -0.15) is 5.10 Å². The first kappa shape index (κ1) is 12.8. The molecule has 0 unspecified atom stereocenters. The van der Waals surface area contributed by atoms with E-state index in [4.69, 9.17) is 0 Å². The van der Waals surface area contributed by atoms with Crippen molar-refractivity contribution in [3.63, 3.8) is 0 Å². The average molecular weight is 286 g/mol. The van der Waals surface area contributed by atoms with Gasteiger partial charge in [0.15, 0.2) is 0 Å². The van der Waals surface area contributed by atoms with Gasteiger partial charge in [0, 0.05) is 0 Å². The van der Waals surface area contributed by atoms with E-state index in [0.717, 1.165) is 21.2 Å². The van der Waals surface area contributed by atoms with E-state index in [1.54, 1.807) is 4.52 Å². The van der Waals surface area contributed by atoms with Crippen LogP contribution in [-0.4, -0.2) is 20.5 Å². The first-order valence-corrected chi connectivity index (χ1v) is 7.15. The molecule has 3 aromatic rings. The second kappa shape index (κ2) is 5.42. The molecule has 0 aliphatic rings. The highest BCUT2D eigenvalue weighted by Gasteiger charge is 2.08. The molecule has 0 radical (unpaired) electrons. The molecular formula is C14H14N4OS. The number of nitrogens with zero attached hydrogens (tertiary/aromatic N) is 3. The summed E-state index contributed by atoms with van der Waals surface area (Å²) >= 11 is 1.49. The Morgan fingerprint density at radius 1 is 1.35 bits per heavy atom. The summed E-state index contributed by atoms with van der Waals surface area (Å²) in [6.45, 7) is 2.38. The molecule has 5 nitrogen and oxygen atoms in total. The van der Waals surface area contributed by atoms with E-state index in [1.807, 2.05) is 43.5 Å². The molecule has 0 fully saturated rings. The predicted octanol–water partition coefficient (Wildman–Crippen LogP) is 1.96. The first-order valence-electron chi connectivity index (χ1n) is 6.33. The van der Waals surface area contributed by atoms with Crippen molar-refractivity contribution in [2.24, 2.45) is 0 Å². The Hall–Kier alpha value is -2.21. The summed E-state index contributed by atoms with van der Waals surface area (Å²) < 4.78 is 1.75. The van der Waals surface area contributed by atoms with Crippen LogP contribution in [-0.2, 0) is 17.8 Å². The molecule has 2 aromatic heterocycles. The van der Waals surface area contributed by atoms with Crippen LogP contribution in [0.3, 0.4) is 0 Å². The summed E-state index contributed by atoms with van der Waals surface area (Å²) in [5.74, 6) is 0.000205. The van der Waals surface area contributed by atoms with Crippen LogP contribution in [0.25, 0.3) is 4.96 Å². The highest BCUT2D eigenvalue weighted by Crippen LogP contribution is 2.14. The molecule has 102 valence electrons. The number of imidazole rings is 1. The third-order valence-electron chi connectivity index (χ3n) is 2.85. The van der Waals surface area contributed by atoms with E-state index in [-0.39, 0.29) is 5.91 Å². The predicted molar refractivity (Wildman–Crippen MR) is 77.6 cm³/mol. The van der Waals surface area contributed by atoms with Crippen LogP contribution >= 0.6 is 11.3 Å². The van der Waals surface area contributed by atoms with Crippen molar-refractivity contribution in [1.82, 2.24) is 19.9 Å². The Bertz CT molecular complexity index is 701. The number of hydrogen-bond donors (Lipinski definition) is 1. The monoisotopic (exact) mass is 286 g/mol. The van der Waals surface area contributed by atoms with Gasteiger partial charge in [-0.05, 0) is 12.5 Å². The summed E-state index contributed by atoms with van der Waals surface area (Å²) in [7, 11) is 0. The maximum Gasteiger partial charge on any atom is 0.224 e. The lowest BCUT2D eigenvalue weighted by atomic mass is 10.1. The van der Waals surface area contributed by atoms with Crippen LogP contribution in [0.1, 0.15) is 16.3 Å². The summed E-state index contributed by atoms with van der Waals surface area (Å²) in [5, 5.41) is 8.11. The van der Waals surface area contributed by atoms with Gasteiger partial charge in [0.05, 0.1) is 24.9 Å². The third kappa shape index (κ3) is 2.85. The van der Waals surface area contributed by atoms with Crippen LogP contribution in [0, 0.1) is 6.92 Å². The third-order valence-corrected chi connectivity index (χ3v) is 3.77. The second-order valence-electron chi connectivity index (χ2n) is 4.54. The molecule has 3 rings (SSSR count). The van der Waals surface area contributed by atoms with Gasteiger partial charge in [-0.1, -0.05) is 41.7 Å². The molecule has 1 aromatic carbocycles. The zero-order valence-corrected chi connectivity index (χ0v) is 11.9. The molecule has 0 bridgehead atoms. The van der Waals surface area contributed by atoms with Crippen LogP contribution in [0.5, 0.6) is 0 Å². The van der Waals surface area contributed by atoms with Crippen LogP contribution in [0.15, 0.2) is 36.5 Å². The highest BCUT2D eigenvalue weighted by atomic mass is 32.1. The Kier molecular flexibility index (Phi) is 3.47. The zero-order valence-electron chi connectivity index (χ0n) is 11.0. The fourth-order valence-electron chi connectivity index (χ4n) is 1.94. The van der Waals surface area contributed by atoms with E-state index in [0.29, 0.717) is 13.0 Å². The Labute approximate surface area is 120 Å². The average Bonchev–Trinajstić information content (AvgIpc) is 2.94. The number of rotatable bonds is 4. The largest absolute Gasteiger partial charge is 0.349 e. The normalized spacial score (nSPS) is 10.8. The lowest BCUT2D eigenvalue weighted by Gasteiger charge is -2.02. The number of fused-ring (bicyclic) bond motifs is 1. The maximum absolute atomic E-state index is 11.8. The van der Waals surface area contributed by atoms with Gasteiger partial charge in [0.1, 0.15) is 5.01 Å². The molecule has 0 saturated heterocycles. The van der Waals surface area contributed by atoms with Gasteiger partial charge in [-0.25, -0.2) is 9.50 Å². The SMILES string of the molecule is Cc1cn2nc(CNC(=O)Cc3ccccc3)sc2n1. The molecule has 1 N–H and O–H groups in total. The summed E-state index contributed by atoms with van der Waals surface area (Å²) in [5.41, 5.74) is 1.96. The Balaban J connectivity index is 1.58. The fraction of sp³-hybridized carbons (Fsp3) is 0.214. The topological polar surface area (TPSA) is 59.3 Å². The van der Waals surface area contributed by atoms with Crippen molar-refractivity contribution in [3.05, 3.63) is 52.8 Å². The zero-order chi connectivity index (χ0) is 13.9. The lowest BCUT2D eigenvalue weighted by Crippen LogP contribution is -2.24. The van der Waals surface area contributed by atoms with Gasteiger partial charge in [0.25, 0.3) is 0 Å². The molecular weight excluding hydrogens is 272 g/mol. The van der Waals surface area contributed by atoms with Crippen molar-refractivity contribution in [2.45, 2.75) is 19.9 Å². The number of benzene rings is 1. The summed E-state index contributed by atoms with van der Waals surface area (Å²) in [4.78, 5) is 17.0. The molecule has 2 heterocycles. The van der Waals surface area contributed by atoms with Crippen molar-refractivity contribution in [1.29, 1.82) is 0 Å². The van der Waals surface area contributed by atoms with E-state index in [2.05, 4.69) is 15.4 Å². The van der Waals surface area contributed by atoms with Gasteiger partial charge >= 0.3 is 0 Å². The van der Waals surface area contributed by atoms with Crippen LogP contribution in [0.4, 0.5) is 0 Å². The van der Waals surface area contributed by atoms with E-state index in [1.165, 1.54) is 11.3 Å². The minimum absolute atomic E-state index is 0.000205. The van der Waals surface area contributed by atoms with Crippen molar-refractivity contribution < 1.29 is 4.79 Å². The maximum atomic E-state index is 11.8. The number of hydrogen-bond acceptors (Lipinski definition) is 4. The number of amides is 1. The highest BCUT2D eigenvalue weighted by molar-refractivity contribution is 7.16. The lowest BCUT2D eigenvalue weighted by molar-refractivity contribution is -0.120. The van der Waals surface area contributed by atoms with E-state index < -0.39 is 0 Å². The fourth-order valence-corrected chi connectivity index (χ4v) is 2.80. The molecule has 20 heavy (non-hydrogen) atoms. The van der Waals surface area contributed by atoms with E-state index in [9.17, 15) is 4.79 Å². The van der Waals surface area contributed by atoms with E-state index >= 15 is 0 Å². The molecule has 0 atom stereocenters. The van der Waals surface area contributed by atoms with Crippen molar-refractivity contribution in [3.8, 4) is 0 Å². The minimum atomic E-state index is 0.000205. The Morgan fingerprint density at radius 2 is 2.15 bits per heavy atom. The summed E-state index contributed by atoms with van der Waals surface area (Å²) in [6.07, 6.45) is 2.27. The molecule has 6 heteroatoms. The van der Waals surface area contributed by atoms with Crippen molar-refractivity contribution in [2.75, 3.05) is 0 Å². The van der Waals surface area contributed by atoms with Crippen molar-refractivity contribution >= 4 is 22.2 Å². The molecule has 1 amide bonds. The Morgan fingerprint density at radius 3 is 2.90 bits per heavy atom.